The Hall–Kier alpha value is -4.26. The van der Waals surface area contributed by atoms with E-state index in [1.165, 1.54) is 0 Å². The second kappa shape index (κ2) is 8.02. The second-order valence-corrected chi connectivity index (χ2v) is 8.03. The third-order valence-corrected chi connectivity index (χ3v) is 5.94. The molecule has 1 N–H and O–H groups in total. The average Bonchev–Trinajstić information content (AvgIpc) is 3.38. The fraction of sp³-hybridized carbons (Fsp3) is 0.154. The summed E-state index contributed by atoms with van der Waals surface area (Å²) in [4.78, 5) is 20.9. The predicted molar refractivity (Wildman–Crippen MR) is 125 cm³/mol. The van der Waals surface area contributed by atoms with Gasteiger partial charge in [-0.3, -0.25) is 4.98 Å². The number of aromatic nitrogens is 4. The van der Waals surface area contributed by atoms with Gasteiger partial charge in [0.1, 0.15) is 5.76 Å². The molecule has 4 aromatic heterocycles. The van der Waals surface area contributed by atoms with Crippen molar-refractivity contribution in [2.45, 2.75) is 26.8 Å². The molecule has 0 aliphatic carbocycles. The van der Waals surface area contributed by atoms with Gasteiger partial charge < -0.3 is 14.2 Å². The minimum absolute atomic E-state index is 0.0209. The van der Waals surface area contributed by atoms with Crippen LogP contribution in [-0.4, -0.2) is 30.8 Å². The van der Waals surface area contributed by atoms with E-state index in [0.29, 0.717) is 5.76 Å². The quantitative estimate of drug-likeness (QED) is 0.379. The number of fused-ring (bicyclic) bond motifs is 1. The monoisotopic (exact) mass is 438 g/mol. The summed E-state index contributed by atoms with van der Waals surface area (Å²) in [7, 11) is 0. The van der Waals surface area contributed by atoms with Crippen LogP contribution in [-0.2, 0) is 0 Å². The van der Waals surface area contributed by atoms with Crippen LogP contribution < -0.4 is 0 Å². The van der Waals surface area contributed by atoms with Gasteiger partial charge in [0.15, 0.2) is 0 Å². The lowest BCUT2D eigenvalue weighted by molar-refractivity contribution is 0.0697. The minimum Gasteiger partial charge on any atom is -0.478 e. The SMILES string of the molecule is Cc1noc(C)c1-c1ccc2c(n1)c(-c1ccc(C(=O)O)cc1)cn2[C@H](C)c1ccccn1. The standard InChI is InChI=1S/C26H22N4O3/c1-15-24(17(3)33-29-15)22-11-12-23-25(28-22)20(18-7-9-19(10-8-18)26(31)32)14-30(23)16(2)21-6-4-5-13-27-21/h4-14,16H,1-3H3,(H,31,32)/t16-/m1/s1. The van der Waals surface area contributed by atoms with Crippen LogP contribution in [0.1, 0.15) is 40.5 Å². The first-order valence-electron chi connectivity index (χ1n) is 10.6. The molecule has 0 radical (unpaired) electrons. The first kappa shape index (κ1) is 20.6. The van der Waals surface area contributed by atoms with Crippen molar-refractivity contribution in [3.05, 3.63) is 89.7 Å². The number of carboxylic acid groups (broad SMARTS) is 1. The number of aryl methyl sites for hydroxylation is 2. The first-order valence-corrected chi connectivity index (χ1v) is 10.6. The van der Waals surface area contributed by atoms with E-state index < -0.39 is 5.97 Å². The zero-order chi connectivity index (χ0) is 23.1. The molecule has 0 fully saturated rings. The van der Waals surface area contributed by atoms with Gasteiger partial charge in [-0.15, -0.1) is 0 Å². The summed E-state index contributed by atoms with van der Waals surface area (Å²) in [5.41, 5.74) is 7.22. The number of nitrogens with zero attached hydrogens (tertiary/aromatic N) is 4. The fourth-order valence-electron chi connectivity index (χ4n) is 4.21. The molecule has 0 saturated carbocycles. The van der Waals surface area contributed by atoms with Gasteiger partial charge in [0.05, 0.1) is 45.3 Å². The first-order chi connectivity index (χ1) is 15.9. The lowest BCUT2D eigenvalue weighted by Gasteiger charge is -2.14. The minimum atomic E-state index is -0.952. The van der Waals surface area contributed by atoms with Crippen LogP contribution in [0.4, 0.5) is 0 Å². The number of carboxylic acids is 1. The molecule has 5 aromatic rings. The van der Waals surface area contributed by atoms with Gasteiger partial charge in [-0.1, -0.05) is 23.4 Å². The maximum atomic E-state index is 11.3. The average molecular weight is 438 g/mol. The van der Waals surface area contributed by atoms with E-state index in [-0.39, 0.29) is 11.6 Å². The number of rotatable bonds is 5. The smallest absolute Gasteiger partial charge is 0.335 e. The summed E-state index contributed by atoms with van der Waals surface area (Å²) in [6.45, 7) is 5.87. The van der Waals surface area contributed by atoms with E-state index >= 15 is 0 Å². The second-order valence-electron chi connectivity index (χ2n) is 8.03. The topological polar surface area (TPSA) is 94.0 Å². The third-order valence-electron chi connectivity index (χ3n) is 5.94. The Labute approximate surface area is 190 Å². The highest BCUT2D eigenvalue weighted by molar-refractivity contribution is 5.95. The Balaban J connectivity index is 1.73. The summed E-state index contributed by atoms with van der Waals surface area (Å²) in [5.74, 6) is -0.237. The molecule has 0 amide bonds. The molecule has 7 nitrogen and oxygen atoms in total. The van der Waals surface area contributed by atoms with E-state index in [1.807, 2.05) is 50.2 Å². The van der Waals surface area contributed by atoms with Crippen molar-refractivity contribution < 1.29 is 14.4 Å². The van der Waals surface area contributed by atoms with Gasteiger partial charge in [0.2, 0.25) is 0 Å². The summed E-state index contributed by atoms with van der Waals surface area (Å²) < 4.78 is 7.51. The molecule has 0 aliphatic rings. The molecule has 0 saturated heterocycles. The van der Waals surface area contributed by atoms with Gasteiger partial charge >= 0.3 is 5.97 Å². The molecule has 33 heavy (non-hydrogen) atoms. The maximum absolute atomic E-state index is 11.3. The Morgan fingerprint density at radius 1 is 1.06 bits per heavy atom. The van der Waals surface area contributed by atoms with Crippen molar-refractivity contribution in [1.82, 2.24) is 19.7 Å². The van der Waals surface area contributed by atoms with Crippen molar-refractivity contribution in [1.29, 1.82) is 0 Å². The molecule has 5 rings (SSSR count). The predicted octanol–water partition coefficient (Wildman–Crippen LogP) is 5.68. The van der Waals surface area contributed by atoms with E-state index in [9.17, 15) is 9.90 Å². The third kappa shape index (κ3) is 3.57. The van der Waals surface area contributed by atoms with E-state index in [1.54, 1.807) is 18.3 Å². The Kier molecular flexibility index (Phi) is 5.01. The van der Waals surface area contributed by atoms with Crippen LogP contribution in [0.15, 0.2) is 71.5 Å². The van der Waals surface area contributed by atoms with Gasteiger partial charge in [-0.05, 0) is 62.7 Å². The number of hydrogen-bond donors (Lipinski definition) is 1. The fourth-order valence-corrected chi connectivity index (χ4v) is 4.21. The lowest BCUT2D eigenvalue weighted by Crippen LogP contribution is -2.07. The van der Waals surface area contributed by atoms with Crippen LogP contribution in [0.2, 0.25) is 0 Å². The van der Waals surface area contributed by atoms with E-state index in [0.717, 1.165) is 44.8 Å². The van der Waals surface area contributed by atoms with Gasteiger partial charge in [-0.25, -0.2) is 9.78 Å². The molecule has 7 heteroatoms. The normalized spacial score (nSPS) is 12.2. The van der Waals surface area contributed by atoms with Crippen LogP contribution in [0, 0.1) is 13.8 Å². The van der Waals surface area contributed by atoms with E-state index in [2.05, 4.69) is 33.9 Å². The largest absolute Gasteiger partial charge is 0.478 e. The van der Waals surface area contributed by atoms with Gasteiger partial charge in [0.25, 0.3) is 0 Å². The lowest BCUT2D eigenvalue weighted by atomic mass is 10.0. The van der Waals surface area contributed by atoms with Gasteiger partial charge in [0, 0.05) is 18.0 Å². The zero-order valence-corrected chi connectivity index (χ0v) is 18.5. The van der Waals surface area contributed by atoms with Crippen molar-refractivity contribution in [3.8, 4) is 22.4 Å². The summed E-state index contributed by atoms with van der Waals surface area (Å²) in [5, 5.41) is 13.3. The van der Waals surface area contributed by atoms with Gasteiger partial charge in [-0.2, -0.15) is 0 Å². The molecule has 0 unspecified atom stereocenters. The highest BCUT2D eigenvalue weighted by Gasteiger charge is 2.20. The molecular weight excluding hydrogens is 416 g/mol. The number of aromatic carboxylic acids is 1. The number of benzene rings is 1. The highest BCUT2D eigenvalue weighted by Crippen LogP contribution is 2.35. The number of pyridine rings is 2. The van der Waals surface area contributed by atoms with Crippen LogP contribution in [0.5, 0.6) is 0 Å². The van der Waals surface area contributed by atoms with Crippen molar-refractivity contribution >= 4 is 17.0 Å². The molecule has 0 spiro atoms. The molecular formula is C26H22N4O3. The molecule has 164 valence electrons. The summed E-state index contributed by atoms with van der Waals surface area (Å²) in [6.07, 6.45) is 3.85. The molecule has 1 aromatic carbocycles. The van der Waals surface area contributed by atoms with Crippen LogP contribution in [0.25, 0.3) is 33.4 Å². The highest BCUT2D eigenvalue weighted by atomic mass is 16.5. The van der Waals surface area contributed by atoms with E-state index in [4.69, 9.17) is 9.51 Å². The van der Waals surface area contributed by atoms with Crippen molar-refractivity contribution in [2.75, 3.05) is 0 Å². The number of hydrogen-bond acceptors (Lipinski definition) is 5. The van der Waals surface area contributed by atoms with Crippen LogP contribution in [0.3, 0.4) is 0 Å². The zero-order valence-electron chi connectivity index (χ0n) is 18.5. The van der Waals surface area contributed by atoms with Crippen molar-refractivity contribution in [3.63, 3.8) is 0 Å². The van der Waals surface area contributed by atoms with Crippen molar-refractivity contribution in [2.24, 2.45) is 0 Å². The van der Waals surface area contributed by atoms with Crippen LogP contribution >= 0.6 is 0 Å². The summed E-state index contributed by atoms with van der Waals surface area (Å²) >= 11 is 0. The Morgan fingerprint density at radius 2 is 1.85 bits per heavy atom. The number of carbonyl (C=O) groups is 1. The Morgan fingerprint density at radius 3 is 2.48 bits per heavy atom. The molecule has 4 heterocycles. The Bertz CT molecular complexity index is 1450. The molecule has 0 aliphatic heterocycles. The maximum Gasteiger partial charge on any atom is 0.335 e. The molecule has 1 atom stereocenters. The molecule has 0 bridgehead atoms. The summed E-state index contributed by atoms with van der Waals surface area (Å²) in [6, 6.07) is 16.8.